The molecule has 1 aliphatic rings. The number of anilines is 1. The number of hydrazone groups is 1. The van der Waals surface area contributed by atoms with Gasteiger partial charge in [-0.1, -0.05) is 45.4 Å². The van der Waals surface area contributed by atoms with Crippen molar-refractivity contribution in [2.24, 2.45) is 16.4 Å². The standard InChI is InChI=1S/C25H29N5S/c1-5-25(3,4)16-10-11-21-18(12-16)22-23(26-14-27-24(22)31-21)30-28-13-19-15(2)29-20-9-7-6-8-17(19)20/h6-9,13-14,16,29H,5,10-12H2,1-4H3,(H,26,27,30). The van der Waals surface area contributed by atoms with Gasteiger partial charge in [-0.05, 0) is 49.1 Å². The van der Waals surface area contributed by atoms with Gasteiger partial charge in [0, 0.05) is 27.0 Å². The summed E-state index contributed by atoms with van der Waals surface area (Å²) in [5, 5.41) is 6.91. The van der Waals surface area contributed by atoms with Crippen molar-refractivity contribution in [2.45, 2.75) is 53.4 Å². The number of thiophene rings is 1. The highest BCUT2D eigenvalue weighted by molar-refractivity contribution is 7.19. The molecule has 1 atom stereocenters. The number of fused-ring (bicyclic) bond motifs is 4. The van der Waals surface area contributed by atoms with Crippen molar-refractivity contribution in [2.75, 3.05) is 5.43 Å². The number of H-pyrrole nitrogens is 1. The summed E-state index contributed by atoms with van der Waals surface area (Å²) in [5.41, 5.74) is 8.35. The largest absolute Gasteiger partial charge is 0.358 e. The molecule has 0 bridgehead atoms. The molecule has 1 unspecified atom stereocenters. The van der Waals surface area contributed by atoms with Crippen molar-refractivity contribution < 1.29 is 0 Å². The van der Waals surface area contributed by atoms with Gasteiger partial charge in [0.25, 0.3) is 0 Å². The lowest BCUT2D eigenvalue weighted by Crippen LogP contribution is -2.28. The highest BCUT2D eigenvalue weighted by Crippen LogP contribution is 2.45. The Labute approximate surface area is 187 Å². The maximum atomic E-state index is 4.58. The average molecular weight is 432 g/mol. The zero-order valence-corrected chi connectivity index (χ0v) is 19.4. The lowest BCUT2D eigenvalue weighted by Gasteiger charge is -2.36. The SMILES string of the molecule is CCC(C)(C)C1CCc2sc3ncnc(NN=Cc4c(C)[nH]c5ccccc45)c3c2C1. The van der Waals surface area contributed by atoms with Gasteiger partial charge in [-0.2, -0.15) is 5.10 Å². The summed E-state index contributed by atoms with van der Waals surface area (Å²) >= 11 is 1.82. The van der Waals surface area contributed by atoms with Gasteiger partial charge >= 0.3 is 0 Å². The molecule has 2 N–H and O–H groups in total. The van der Waals surface area contributed by atoms with Crippen LogP contribution in [0, 0.1) is 18.3 Å². The molecule has 3 aromatic heterocycles. The fraction of sp³-hybridized carbons (Fsp3) is 0.400. The maximum Gasteiger partial charge on any atom is 0.158 e. The van der Waals surface area contributed by atoms with Gasteiger partial charge in [0.2, 0.25) is 0 Å². The molecule has 0 aliphatic heterocycles. The molecule has 160 valence electrons. The number of benzene rings is 1. The fourth-order valence-electron chi connectivity index (χ4n) is 4.77. The number of aryl methyl sites for hydroxylation is 2. The van der Waals surface area contributed by atoms with E-state index in [2.05, 4.69) is 71.4 Å². The number of nitrogens with zero attached hydrogens (tertiary/aromatic N) is 3. The molecule has 5 nitrogen and oxygen atoms in total. The minimum absolute atomic E-state index is 0.347. The first-order valence-corrected chi connectivity index (χ1v) is 11.9. The van der Waals surface area contributed by atoms with Crippen molar-refractivity contribution in [1.29, 1.82) is 0 Å². The Morgan fingerprint density at radius 3 is 2.97 bits per heavy atom. The van der Waals surface area contributed by atoms with E-state index in [1.165, 1.54) is 28.7 Å². The molecule has 0 spiro atoms. The number of para-hydroxylation sites is 1. The van der Waals surface area contributed by atoms with E-state index in [4.69, 9.17) is 0 Å². The topological polar surface area (TPSA) is 66.0 Å². The molecule has 0 saturated heterocycles. The highest BCUT2D eigenvalue weighted by atomic mass is 32.1. The lowest BCUT2D eigenvalue weighted by molar-refractivity contribution is 0.184. The van der Waals surface area contributed by atoms with Crippen LogP contribution in [0.1, 0.15) is 55.3 Å². The molecular weight excluding hydrogens is 402 g/mol. The van der Waals surface area contributed by atoms with E-state index < -0.39 is 0 Å². The zero-order chi connectivity index (χ0) is 21.6. The Balaban J connectivity index is 1.48. The summed E-state index contributed by atoms with van der Waals surface area (Å²) in [6.45, 7) is 9.19. The van der Waals surface area contributed by atoms with Gasteiger partial charge in [-0.15, -0.1) is 11.3 Å². The van der Waals surface area contributed by atoms with E-state index in [0.717, 1.165) is 45.7 Å². The van der Waals surface area contributed by atoms with Crippen molar-refractivity contribution in [1.82, 2.24) is 15.0 Å². The Kier molecular flexibility index (Phi) is 5.05. The summed E-state index contributed by atoms with van der Waals surface area (Å²) in [6, 6.07) is 8.31. The van der Waals surface area contributed by atoms with E-state index in [1.807, 2.05) is 23.6 Å². The summed E-state index contributed by atoms with van der Waals surface area (Å²) in [7, 11) is 0. The minimum Gasteiger partial charge on any atom is -0.358 e. The molecule has 3 heterocycles. The van der Waals surface area contributed by atoms with Crippen molar-refractivity contribution in [3.05, 3.63) is 52.3 Å². The van der Waals surface area contributed by atoms with Crippen LogP contribution in [-0.2, 0) is 12.8 Å². The zero-order valence-electron chi connectivity index (χ0n) is 18.6. The third kappa shape index (κ3) is 3.53. The Morgan fingerprint density at radius 2 is 2.13 bits per heavy atom. The molecule has 5 rings (SSSR count). The maximum absolute atomic E-state index is 4.58. The van der Waals surface area contributed by atoms with Crippen LogP contribution in [0.25, 0.3) is 21.1 Å². The molecule has 1 aromatic carbocycles. The molecule has 4 aromatic rings. The summed E-state index contributed by atoms with van der Waals surface area (Å²) in [6.07, 6.45) is 8.24. The third-order valence-electron chi connectivity index (χ3n) is 7.17. The molecule has 0 fully saturated rings. The van der Waals surface area contributed by atoms with Gasteiger partial charge in [0.1, 0.15) is 11.2 Å². The molecule has 6 heteroatoms. The summed E-state index contributed by atoms with van der Waals surface area (Å²) in [4.78, 5) is 15.1. The Morgan fingerprint density at radius 1 is 1.29 bits per heavy atom. The van der Waals surface area contributed by atoms with Crippen molar-refractivity contribution in [3.8, 4) is 0 Å². The first kappa shape index (κ1) is 20.2. The fourth-order valence-corrected chi connectivity index (χ4v) is 5.95. The van der Waals surface area contributed by atoms with Gasteiger partial charge in [-0.3, -0.25) is 5.43 Å². The monoisotopic (exact) mass is 431 g/mol. The predicted octanol–water partition coefficient (Wildman–Crippen LogP) is 6.47. The second-order valence-electron chi connectivity index (χ2n) is 9.27. The predicted molar refractivity (Wildman–Crippen MR) is 131 cm³/mol. The number of aromatic amines is 1. The molecule has 31 heavy (non-hydrogen) atoms. The lowest BCUT2D eigenvalue weighted by atomic mass is 9.69. The van der Waals surface area contributed by atoms with E-state index >= 15 is 0 Å². The molecule has 1 aliphatic carbocycles. The average Bonchev–Trinajstić information content (AvgIpc) is 3.31. The smallest absolute Gasteiger partial charge is 0.158 e. The van der Waals surface area contributed by atoms with Gasteiger partial charge < -0.3 is 4.98 Å². The number of nitrogens with one attached hydrogen (secondary N) is 2. The molecular formula is C25H29N5S. The van der Waals surface area contributed by atoms with Gasteiger partial charge in [0.15, 0.2) is 5.82 Å². The van der Waals surface area contributed by atoms with Crippen LogP contribution < -0.4 is 5.43 Å². The number of hydrogen-bond donors (Lipinski definition) is 2. The molecule has 0 saturated carbocycles. The summed E-state index contributed by atoms with van der Waals surface area (Å²) in [5.74, 6) is 1.50. The second kappa shape index (κ2) is 7.75. The van der Waals surface area contributed by atoms with E-state index in [1.54, 1.807) is 6.33 Å². The van der Waals surface area contributed by atoms with E-state index in [9.17, 15) is 0 Å². The first-order valence-electron chi connectivity index (χ1n) is 11.1. The number of aromatic nitrogens is 3. The van der Waals surface area contributed by atoms with Gasteiger partial charge in [0.05, 0.1) is 11.6 Å². The van der Waals surface area contributed by atoms with Crippen LogP contribution in [0.4, 0.5) is 5.82 Å². The van der Waals surface area contributed by atoms with Crippen molar-refractivity contribution in [3.63, 3.8) is 0 Å². The normalized spacial score (nSPS) is 17.0. The van der Waals surface area contributed by atoms with Gasteiger partial charge in [-0.25, -0.2) is 9.97 Å². The van der Waals surface area contributed by atoms with Crippen LogP contribution in [-0.4, -0.2) is 21.2 Å². The second-order valence-corrected chi connectivity index (χ2v) is 10.4. The highest BCUT2D eigenvalue weighted by Gasteiger charge is 2.33. The number of rotatable bonds is 5. The first-order chi connectivity index (χ1) is 15.0. The van der Waals surface area contributed by atoms with Crippen molar-refractivity contribution >= 4 is 44.5 Å². The van der Waals surface area contributed by atoms with Crippen LogP contribution in [0.3, 0.4) is 0 Å². The summed E-state index contributed by atoms with van der Waals surface area (Å²) < 4.78 is 0. The van der Waals surface area contributed by atoms with Crippen LogP contribution in [0.15, 0.2) is 35.7 Å². The molecule has 0 radical (unpaired) electrons. The van der Waals surface area contributed by atoms with Crippen LogP contribution in [0.2, 0.25) is 0 Å². The van der Waals surface area contributed by atoms with Crippen LogP contribution >= 0.6 is 11.3 Å². The molecule has 0 amide bonds. The Hall–Kier alpha value is -2.73. The Bertz CT molecular complexity index is 1280. The van der Waals surface area contributed by atoms with E-state index in [-0.39, 0.29) is 0 Å². The minimum atomic E-state index is 0.347. The van der Waals surface area contributed by atoms with E-state index in [0.29, 0.717) is 11.3 Å². The number of hydrogen-bond acceptors (Lipinski definition) is 5. The quantitative estimate of drug-likeness (QED) is 0.281. The van der Waals surface area contributed by atoms with Crippen LogP contribution in [0.5, 0.6) is 0 Å². The third-order valence-corrected chi connectivity index (χ3v) is 8.36.